The zero-order valence-electron chi connectivity index (χ0n) is 19.7. The minimum atomic E-state index is -1.08. The third-order valence-electron chi connectivity index (χ3n) is 5.32. The highest BCUT2D eigenvalue weighted by molar-refractivity contribution is 7.03. The molecule has 0 saturated heterocycles. The Labute approximate surface area is 221 Å². The van der Waals surface area contributed by atoms with Gasteiger partial charge in [0.15, 0.2) is 0 Å². The molecule has 39 heavy (non-hydrogen) atoms. The predicted octanol–water partition coefficient (Wildman–Crippen LogP) is 3.28. The highest BCUT2D eigenvalue weighted by Gasteiger charge is 2.34. The fraction of sp³-hybridized carbons (Fsp3) is 0.0870. The minimum absolute atomic E-state index is 0.0416. The minimum Gasteiger partial charge on any atom is -0.332 e. The second-order valence-electron chi connectivity index (χ2n) is 7.87. The Morgan fingerprint density at radius 3 is 1.90 bits per heavy atom. The molecule has 16 heteroatoms. The normalized spacial score (nSPS) is 11.2. The monoisotopic (exact) mass is 551 g/mol. The highest BCUT2D eigenvalue weighted by atomic mass is 32.1. The van der Waals surface area contributed by atoms with Gasteiger partial charge in [-0.2, -0.15) is 4.99 Å². The number of non-ortho nitro benzene ring substituents is 1. The molecule has 4 rings (SSSR count). The van der Waals surface area contributed by atoms with Gasteiger partial charge in [0.2, 0.25) is 10.5 Å². The van der Waals surface area contributed by atoms with Crippen molar-refractivity contribution in [3.8, 4) is 5.69 Å². The van der Waals surface area contributed by atoms with Gasteiger partial charge in [0.1, 0.15) is 0 Å². The van der Waals surface area contributed by atoms with Crippen molar-refractivity contribution in [1.82, 2.24) is 13.8 Å². The molecule has 1 heterocycles. The summed E-state index contributed by atoms with van der Waals surface area (Å²) in [6, 6.07) is 17.5. The molecule has 0 fully saturated rings. The third kappa shape index (κ3) is 5.91. The van der Waals surface area contributed by atoms with E-state index in [0.29, 0.717) is 33.8 Å². The topological polar surface area (TPSA) is 198 Å². The Hall–Kier alpha value is -5.51. The first kappa shape index (κ1) is 26.6. The fourth-order valence-electron chi connectivity index (χ4n) is 3.59. The molecule has 3 aromatic carbocycles. The zero-order valence-corrected chi connectivity index (χ0v) is 20.5. The number of nitrogens with one attached hydrogen (secondary N) is 1. The van der Waals surface area contributed by atoms with Gasteiger partial charge in [-0.25, -0.2) is 18.1 Å². The van der Waals surface area contributed by atoms with Crippen molar-refractivity contribution in [2.75, 3.05) is 0 Å². The number of hydrogen-bond donors (Lipinski definition) is 1. The van der Waals surface area contributed by atoms with Gasteiger partial charge in [-0.15, -0.1) is 0 Å². The number of benzene rings is 3. The van der Waals surface area contributed by atoms with Gasteiger partial charge in [-0.3, -0.25) is 30.3 Å². The maximum atomic E-state index is 13.5. The van der Waals surface area contributed by atoms with Crippen molar-refractivity contribution in [2.24, 2.45) is 4.99 Å². The van der Waals surface area contributed by atoms with Gasteiger partial charge in [0, 0.05) is 6.54 Å². The number of carbonyl (C=O) groups excluding carboxylic acids is 1. The molecule has 0 bridgehead atoms. The van der Waals surface area contributed by atoms with E-state index in [1.54, 1.807) is 60.7 Å². The molecule has 0 saturated carbocycles. The second kappa shape index (κ2) is 11.3. The van der Waals surface area contributed by atoms with E-state index in [2.05, 4.69) is 10.3 Å². The fourth-order valence-corrected chi connectivity index (χ4v) is 4.53. The summed E-state index contributed by atoms with van der Waals surface area (Å²) in [5.74, 6) is 0. The molecule has 15 nitrogen and oxygen atoms in total. The molecule has 198 valence electrons. The Kier molecular flexibility index (Phi) is 7.67. The lowest BCUT2D eigenvalue weighted by Gasteiger charge is -2.05. The van der Waals surface area contributed by atoms with Crippen LogP contribution in [0, 0.1) is 30.3 Å². The molecular formula is C23H17N7O8S. The summed E-state index contributed by atoms with van der Waals surface area (Å²) in [6.45, 7) is 0.0285. The summed E-state index contributed by atoms with van der Waals surface area (Å²) in [7, 11) is 0. The predicted molar refractivity (Wildman–Crippen MR) is 138 cm³/mol. The number of nitrogens with zero attached hydrogens (tertiary/aromatic N) is 6. The number of carbonyl (C=O) groups is 1. The van der Waals surface area contributed by atoms with Crippen molar-refractivity contribution >= 4 is 34.6 Å². The second-order valence-corrected chi connectivity index (χ2v) is 8.86. The first-order chi connectivity index (χ1) is 18.7. The summed E-state index contributed by atoms with van der Waals surface area (Å²) in [5, 5.41) is 37.6. The first-order valence-electron chi connectivity index (χ1n) is 11.0. The molecule has 0 unspecified atom stereocenters. The van der Waals surface area contributed by atoms with Crippen LogP contribution in [-0.2, 0) is 13.1 Å². The standard InChI is InChI=1S/C23H17N7O8S/c31-21(24-13-15-7-3-1-4-8-15)25-22-27(23(32)26(39-22)14-16-9-5-2-6-10-16)20-18(29(35)36)11-17(28(33)34)12-19(20)30(37)38/h1-12H,13-14H2,(H,24,31)/b25-22-. The van der Waals surface area contributed by atoms with Gasteiger partial charge in [-0.05, 0) is 22.7 Å². The number of nitro benzene ring substituents is 3. The van der Waals surface area contributed by atoms with Gasteiger partial charge in [0.05, 0.1) is 33.4 Å². The van der Waals surface area contributed by atoms with Crippen molar-refractivity contribution in [2.45, 2.75) is 13.1 Å². The Bertz CT molecular complexity index is 1680. The summed E-state index contributed by atoms with van der Waals surface area (Å²) >= 11 is 0.638. The summed E-state index contributed by atoms with van der Waals surface area (Å²) < 4.78 is 1.66. The van der Waals surface area contributed by atoms with Crippen LogP contribution in [0.15, 0.2) is 82.6 Å². The lowest BCUT2D eigenvalue weighted by atomic mass is 10.2. The Morgan fingerprint density at radius 1 is 0.846 bits per heavy atom. The Morgan fingerprint density at radius 2 is 1.38 bits per heavy atom. The number of aromatic nitrogens is 2. The highest BCUT2D eigenvalue weighted by Crippen LogP contribution is 2.35. The first-order valence-corrected chi connectivity index (χ1v) is 11.8. The van der Waals surface area contributed by atoms with Gasteiger partial charge < -0.3 is 5.32 Å². The van der Waals surface area contributed by atoms with Crippen LogP contribution in [0.2, 0.25) is 0 Å². The number of amides is 2. The van der Waals surface area contributed by atoms with E-state index < -0.39 is 54.0 Å². The maximum Gasteiger partial charge on any atom is 0.345 e. The van der Waals surface area contributed by atoms with Crippen LogP contribution in [-0.4, -0.2) is 29.3 Å². The third-order valence-corrected chi connectivity index (χ3v) is 6.27. The van der Waals surface area contributed by atoms with Crippen LogP contribution in [0.4, 0.5) is 21.9 Å². The summed E-state index contributed by atoms with van der Waals surface area (Å²) in [6.07, 6.45) is 0. The molecule has 1 N–H and O–H groups in total. The molecule has 0 aliphatic carbocycles. The molecule has 0 spiro atoms. The number of nitro groups is 3. The van der Waals surface area contributed by atoms with Crippen molar-refractivity contribution in [3.63, 3.8) is 0 Å². The smallest absolute Gasteiger partial charge is 0.332 e. The number of urea groups is 1. The summed E-state index contributed by atoms with van der Waals surface area (Å²) in [4.78, 5) is 61.5. The van der Waals surface area contributed by atoms with Crippen LogP contribution < -0.4 is 15.8 Å². The molecule has 0 aliphatic rings. The number of rotatable bonds is 8. The van der Waals surface area contributed by atoms with Crippen molar-refractivity contribution in [3.05, 3.63) is 130 Å². The van der Waals surface area contributed by atoms with Crippen LogP contribution in [0.3, 0.4) is 0 Å². The molecule has 0 aliphatic heterocycles. The summed E-state index contributed by atoms with van der Waals surface area (Å²) in [5.41, 5.74) is -3.52. The van der Waals surface area contributed by atoms with Gasteiger partial charge in [-0.1, -0.05) is 60.7 Å². The van der Waals surface area contributed by atoms with E-state index in [9.17, 15) is 39.9 Å². The average Bonchev–Trinajstić information content (AvgIpc) is 3.21. The Balaban J connectivity index is 1.93. The molecule has 0 atom stereocenters. The van der Waals surface area contributed by atoms with Gasteiger partial charge in [0.25, 0.3) is 5.69 Å². The molecule has 0 radical (unpaired) electrons. The van der Waals surface area contributed by atoms with E-state index in [4.69, 9.17) is 0 Å². The quantitative estimate of drug-likeness (QED) is 0.254. The SMILES string of the molecule is O=C(/N=c1\sn(Cc2ccccc2)c(=O)n1-c1c([N+](=O)[O-])cc([N+](=O)[O-])cc1[N+](=O)[O-])NCc1ccccc1. The number of hydrogen-bond acceptors (Lipinski definition) is 9. The van der Waals surface area contributed by atoms with E-state index in [-0.39, 0.29) is 13.1 Å². The van der Waals surface area contributed by atoms with Crippen LogP contribution in [0.25, 0.3) is 5.69 Å². The van der Waals surface area contributed by atoms with Crippen LogP contribution in [0.1, 0.15) is 11.1 Å². The molecule has 1 aromatic heterocycles. The molecule has 4 aromatic rings. The zero-order chi connectivity index (χ0) is 28.1. The average molecular weight is 551 g/mol. The van der Waals surface area contributed by atoms with Crippen molar-refractivity contribution < 1.29 is 19.6 Å². The van der Waals surface area contributed by atoms with Crippen molar-refractivity contribution in [1.29, 1.82) is 0 Å². The van der Waals surface area contributed by atoms with E-state index >= 15 is 0 Å². The lowest BCUT2D eigenvalue weighted by molar-refractivity contribution is -0.402. The molecular weight excluding hydrogens is 534 g/mol. The van der Waals surface area contributed by atoms with Gasteiger partial charge >= 0.3 is 23.1 Å². The molecule has 2 amide bonds. The largest absolute Gasteiger partial charge is 0.345 e. The van der Waals surface area contributed by atoms with Crippen LogP contribution in [0.5, 0.6) is 0 Å². The maximum absolute atomic E-state index is 13.5. The van der Waals surface area contributed by atoms with Crippen LogP contribution >= 0.6 is 11.5 Å². The van der Waals surface area contributed by atoms with E-state index in [1.807, 2.05) is 0 Å². The van der Waals surface area contributed by atoms with E-state index in [1.165, 1.54) is 0 Å². The van der Waals surface area contributed by atoms with E-state index in [0.717, 1.165) is 9.52 Å². The lowest BCUT2D eigenvalue weighted by Crippen LogP contribution is -2.31.